The molecule has 1 aliphatic heterocycles. The molecule has 2 rings (SSSR count). The molecule has 0 spiro atoms. The van der Waals surface area contributed by atoms with Gasteiger partial charge in [-0.2, -0.15) is 0 Å². The second-order valence-electron chi connectivity index (χ2n) is 7.88. The molecule has 0 bridgehead atoms. The summed E-state index contributed by atoms with van der Waals surface area (Å²) in [6.07, 6.45) is 7.35. The summed E-state index contributed by atoms with van der Waals surface area (Å²) in [5, 5.41) is 9.29. The molecule has 0 aromatic carbocycles. The van der Waals surface area contributed by atoms with Crippen molar-refractivity contribution in [2.45, 2.75) is 60.3 Å². The summed E-state index contributed by atoms with van der Waals surface area (Å²) in [6.45, 7) is 14.1. The molecule has 0 aromatic heterocycles. The van der Waals surface area contributed by atoms with E-state index in [-0.39, 0.29) is 25.8 Å². The molecule has 1 saturated heterocycles. The molecule has 0 unspecified atom stereocenters. The Morgan fingerprint density at radius 2 is 1.62 bits per heavy atom. The minimum Gasteiger partial charge on any atom is -0.396 e. The Labute approximate surface area is 140 Å². The summed E-state index contributed by atoms with van der Waals surface area (Å²) in [4.78, 5) is 2.33. The van der Waals surface area contributed by atoms with Crippen molar-refractivity contribution in [1.82, 2.24) is 4.90 Å². The molecule has 2 aliphatic rings. The van der Waals surface area contributed by atoms with Crippen LogP contribution in [0.3, 0.4) is 0 Å². The normalized spacial score (nSPS) is 34.4. The van der Waals surface area contributed by atoms with Crippen molar-refractivity contribution in [3.05, 3.63) is 6.42 Å². The molecule has 2 nitrogen and oxygen atoms in total. The van der Waals surface area contributed by atoms with Crippen LogP contribution >= 0.6 is 0 Å². The molecule has 1 saturated carbocycles. The van der Waals surface area contributed by atoms with Crippen molar-refractivity contribution < 1.29 is 25.5 Å². The van der Waals surface area contributed by atoms with Gasteiger partial charge in [0, 0.05) is 27.0 Å². The van der Waals surface area contributed by atoms with Gasteiger partial charge >= 0.3 is 0 Å². The maximum absolute atomic E-state index is 9.29. The third kappa shape index (κ3) is 5.37. The standard InChI is InChI=1S/C10H20O.C7H14N.Re.Rf/c1-4-9(2)6-5-7-10(9,3)8-11;1-7(2)4-5-8(3)6-7;;/h11H,4-8H2,1-3H3;4H,5-6H2,1-3H3;;/q;-1;;/t9-,10-;;;/m1.../s1. The van der Waals surface area contributed by atoms with Gasteiger partial charge in [-0.25, -0.2) is 0 Å². The molecule has 2 fully saturated rings. The van der Waals surface area contributed by atoms with Crippen LogP contribution in [0.25, 0.3) is 0 Å². The Morgan fingerprint density at radius 3 is 1.86 bits per heavy atom. The van der Waals surface area contributed by atoms with E-state index in [0.29, 0.717) is 17.4 Å². The first-order chi connectivity index (χ1) is 8.68. The van der Waals surface area contributed by atoms with Gasteiger partial charge in [-0.15, -0.1) is 12.0 Å². The van der Waals surface area contributed by atoms with Crippen LogP contribution in [0.5, 0.6) is 0 Å². The molecular weight excluding hydrogens is 687 g/mol. The smallest absolute Gasteiger partial charge is 0.0489 e. The van der Waals surface area contributed by atoms with Crippen molar-refractivity contribution in [3.8, 4) is 0 Å². The van der Waals surface area contributed by atoms with E-state index in [2.05, 4.69) is 53.0 Å². The van der Waals surface area contributed by atoms with Crippen LogP contribution in [-0.2, 0) is 20.4 Å². The minimum atomic E-state index is 0. The predicted octanol–water partition coefficient (Wildman–Crippen LogP) is 3.74. The molecule has 1 aliphatic carbocycles. The second kappa shape index (κ2) is 8.28. The number of rotatable bonds is 2. The number of nitrogens with zero attached hydrogens (tertiary/aromatic N) is 1. The molecule has 0 amide bonds. The van der Waals surface area contributed by atoms with Gasteiger partial charge < -0.3 is 16.4 Å². The summed E-state index contributed by atoms with van der Waals surface area (Å²) in [6, 6.07) is 0. The fourth-order valence-corrected chi connectivity index (χ4v) is 3.57. The first-order valence-electron chi connectivity index (χ1n) is 7.82. The zero-order valence-electron chi connectivity index (χ0n) is 15.0. The maximum Gasteiger partial charge on any atom is 0.0489 e. The van der Waals surface area contributed by atoms with Crippen LogP contribution in [0.4, 0.5) is 0 Å². The Bertz CT molecular complexity index is 285. The van der Waals surface area contributed by atoms with Crippen LogP contribution in [0.15, 0.2) is 0 Å². The molecule has 21 heavy (non-hydrogen) atoms. The number of aliphatic hydroxyl groups is 1. The summed E-state index contributed by atoms with van der Waals surface area (Å²) >= 11 is 0. The van der Waals surface area contributed by atoms with E-state index >= 15 is 0 Å². The molecule has 2 atom stereocenters. The zero-order chi connectivity index (χ0) is 14.7. The predicted molar refractivity (Wildman–Crippen MR) is 83.0 cm³/mol. The van der Waals surface area contributed by atoms with E-state index in [1.165, 1.54) is 32.2 Å². The van der Waals surface area contributed by atoms with Crippen LogP contribution in [0.2, 0.25) is 0 Å². The van der Waals surface area contributed by atoms with Crippen molar-refractivity contribution in [3.63, 3.8) is 0 Å². The molecule has 1 heterocycles. The van der Waals surface area contributed by atoms with E-state index in [1.54, 1.807) is 0 Å². The monoisotopic (exact) mass is 722 g/mol. The summed E-state index contributed by atoms with van der Waals surface area (Å²) in [5.41, 5.74) is 1.05. The molecular formula is C17H34NOReRf-. The maximum atomic E-state index is 9.29. The summed E-state index contributed by atoms with van der Waals surface area (Å²) in [7, 11) is 2.16. The van der Waals surface area contributed by atoms with Gasteiger partial charge in [-0.1, -0.05) is 47.5 Å². The molecule has 0 aromatic rings. The molecule has 1 radical (unpaired) electrons. The number of aliphatic hydroxyl groups excluding tert-OH is 1. The van der Waals surface area contributed by atoms with Gasteiger partial charge in [0.05, 0.1) is 0 Å². The van der Waals surface area contributed by atoms with Crippen molar-refractivity contribution in [2.24, 2.45) is 16.2 Å². The Hall–Kier alpha value is -0.418. The van der Waals surface area contributed by atoms with Crippen molar-refractivity contribution >= 4 is 0 Å². The summed E-state index contributed by atoms with van der Waals surface area (Å²) < 4.78 is 0. The number of hydrogen-bond donors (Lipinski definition) is 1. The van der Waals surface area contributed by atoms with Gasteiger partial charge in [0.2, 0.25) is 0 Å². The van der Waals surface area contributed by atoms with Crippen molar-refractivity contribution in [2.75, 3.05) is 26.7 Å². The zero-order valence-corrected chi connectivity index (χ0v) is 24.1. The largest absolute Gasteiger partial charge is 0.396 e. The average molecular weight is 722 g/mol. The van der Waals surface area contributed by atoms with E-state index in [1.807, 2.05) is 0 Å². The van der Waals surface area contributed by atoms with E-state index in [4.69, 9.17) is 0 Å². The van der Waals surface area contributed by atoms with Crippen LogP contribution in [0, 0.1) is 22.7 Å². The number of hydrogen-bond acceptors (Lipinski definition) is 2. The van der Waals surface area contributed by atoms with Crippen LogP contribution < -0.4 is 0 Å². The van der Waals surface area contributed by atoms with Crippen LogP contribution in [-0.4, -0.2) is 36.8 Å². The summed E-state index contributed by atoms with van der Waals surface area (Å²) in [5.74, 6) is 0. The molecule has 4 heteroatoms. The fraction of sp³-hybridized carbons (Fsp3) is 0.941. The van der Waals surface area contributed by atoms with Gasteiger partial charge in [0.1, 0.15) is 0 Å². The third-order valence-electron chi connectivity index (χ3n) is 5.68. The average Bonchev–Trinajstić information content (AvgIpc) is 2.82. The third-order valence-corrected chi connectivity index (χ3v) is 5.68. The van der Waals surface area contributed by atoms with Gasteiger partial charge in [0.25, 0.3) is 0 Å². The van der Waals surface area contributed by atoms with E-state index < -0.39 is 0 Å². The van der Waals surface area contributed by atoms with Gasteiger partial charge in [-0.05, 0) is 37.3 Å². The minimum absolute atomic E-state index is 0. The topological polar surface area (TPSA) is 23.5 Å². The van der Waals surface area contributed by atoms with Gasteiger partial charge in [-0.3, -0.25) is 0 Å². The Kier molecular flexibility index (Phi) is 9.01. The van der Waals surface area contributed by atoms with E-state index in [0.717, 1.165) is 6.54 Å². The quantitative estimate of drug-likeness (QED) is 0.440. The number of likely N-dealkylation sites (tertiary alicyclic amines) is 1. The van der Waals surface area contributed by atoms with Crippen LogP contribution in [0.1, 0.15) is 60.3 Å². The van der Waals surface area contributed by atoms with E-state index in [9.17, 15) is 5.11 Å². The Balaban J connectivity index is 0. The first kappa shape index (κ1) is 22.9. The Morgan fingerprint density at radius 1 is 1.10 bits per heavy atom. The SMILES string of the molecule is CC[C@]1(C)CCC[C@]1(C)CO.CN1C[CH-]C(C)(C)C1.[Re].[Rf]. The molecule has 123 valence electrons. The van der Waals surface area contributed by atoms with Gasteiger partial charge in [0.15, 0.2) is 0 Å². The fourth-order valence-electron chi connectivity index (χ4n) is 3.57. The first-order valence-corrected chi connectivity index (χ1v) is 7.82. The second-order valence-corrected chi connectivity index (χ2v) is 7.88. The van der Waals surface area contributed by atoms with Crippen molar-refractivity contribution in [1.29, 1.82) is 0 Å². The molecule has 1 N–H and O–H groups in total.